The third-order valence-corrected chi connectivity index (χ3v) is 4.61. The molecule has 0 N–H and O–H groups in total. The maximum absolute atomic E-state index is 12.2. The van der Waals surface area contributed by atoms with Crippen molar-refractivity contribution in [2.24, 2.45) is 11.3 Å². The molecule has 0 bridgehead atoms. The van der Waals surface area contributed by atoms with Crippen molar-refractivity contribution in [2.45, 2.75) is 32.1 Å². The van der Waals surface area contributed by atoms with Crippen molar-refractivity contribution in [1.29, 1.82) is 0 Å². The molecule has 1 saturated heterocycles. The lowest BCUT2D eigenvalue weighted by molar-refractivity contribution is -0.156. The molecule has 0 aromatic carbocycles. The van der Waals surface area contributed by atoms with Crippen molar-refractivity contribution >= 4 is 5.97 Å². The first kappa shape index (κ1) is 13.8. The van der Waals surface area contributed by atoms with Gasteiger partial charge in [0.1, 0.15) is 0 Å². The average molecular weight is 255 g/mol. The van der Waals surface area contributed by atoms with E-state index in [0.717, 1.165) is 45.5 Å². The summed E-state index contributed by atoms with van der Waals surface area (Å²) in [6.45, 7) is 3.77. The quantitative estimate of drug-likeness (QED) is 0.553. The Morgan fingerprint density at radius 3 is 2.94 bits per heavy atom. The number of rotatable bonds is 5. The lowest BCUT2D eigenvalue weighted by Crippen LogP contribution is -2.42. The molecule has 1 aliphatic heterocycles. The second kappa shape index (κ2) is 6.02. The molecule has 0 amide bonds. The highest BCUT2D eigenvalue weighted by Gasteiger charge is 2.53. The van der Waals surface area contributed by atoms with Crippen molar-refractivity contribution in [2.75, 3.05) is 40.5 Å². The van der Waals surface area contributed by atoms with Gasteiger partial charge < -0.3 is 14.4 Å². The number of hydrogen-bond acceptors (Lipinski definition) is 4. The van der Waals surface area contributed by atoms with E-state index in [1.54, 1.807) is 7.11 Å². The first-order chi connectivity index (χ1) is 8.73. The highest BCUT2D eigenvalue weighted by atomic mass is 16.5. The van der Waals surface area contributed by atoms with Crippen LogP contribution in [-0.4, -0.2) is 51.3 Å². The molecular formula is C14H25NO3. The van der Waals surface area contributed by atoms with Crippen LogP contribution < -0.4 is 0 Å². The molecule has 4 nitrogen and oxygen atoms in total. The monoisotopic (exact) mass is 255 g/mol. The van der Waals surface area contributed by atoms with E-state index >= 15 is 0 Å². The summed E-state index contributed by atoms with van der Waals surface area (Å²) < 4.78 is 10.2. The van der Waals surface area contributed by atoms with Gasteiger partial charge in [-0.1, -0.05) is 12.8 Å². The van der Waals surface area contributed by atoms with Crippen LogP contribution in [0.5, 0.6) is 0 Å². The highest BCUT2D eigenvalue weighted by molar-refractivity contribution is 5.78. The van der Waals surface area contributed by atoms with E-state index in [4.69, 9.17) is 9.47 Å². The summed E-state index contributed by atoms with van der Waals surface area (Å²) >= 11 is 0. The summed E-state index contributed by atoms with van der Waals surface area (Å²) in [4.78, 5) is 14.6. The number of esters is 1. The number of hydrogen-bond donors (Lipinski definition) is 0. The zero-order valence-corrected chi connectivity index (χ0v) is 11.6. The molecule has 0 unspecified atom stereocenters. The van der Waals surface area contributed by atoms with Gasteiger partial charge in [0.25, 0.3) is 0 Å². The topological polar surface area (TPSA) is 38.8 Å². The second-order valence-corrected chi connectivity index (χ2v) is 5.67. The third-order valence-electron chi connectivity index (χ3n) is 4.61. The molecule has 0 spiro atoms. The van der Waals surface area contributed by atoms with Crippen LogP contribution in [0.4, 0.5) is 0 Å². The summed E-state index contributed by atoms with van der Waals surface area (Å²) in [5, 5.41) is 0. The van der Waals surface area contributed by atoms with Gasteiger partial charge in [-0.2, -0.15) is 0 Å². The van der Waals surface area contributed by atoms with Crippen molar-refractivity contribution < 1.29 is 14.3 Å². The van der Waals surface area contributed by atoms with Crippen LogP contribution in [0.2, 0.25) is 0 Å². The van der Waals surface area contributed by atoms with Gasteiger partial charge in [-0.05, 0) is 25.2 Å². The van der Waals surface area contributed by atoms with E-state index in [1.165, 1.54) is 20.0 Å². The van der Waals surface area contributed by atoms with Gasteiger partial charge in [-0.25, -0.2) is 0 Å². The standard InChI is InChI=1S/C14H25NO3/c1-17-9-5-8-15-10-12-6-3-4-7-14(12,11-15)13(16)18-2/h12H,3-11H2,1-2H3/t12-,14-/m1/s1. The first-order valence-electron chi connectivity index (χ1n) is 7.02. The second-order valence-electron chi connectivity index (χ2n) is 5.67. The van der Waals surface area contributed by atoms with E-state index < -0.39 is 0 Å². The minimum absolute atomic E-state index is 0.0152. The largest absolute Gasteiger partial charge is 0.469 e. The zero-order chi connectivity index (χ0) is 13.0. The number of methoxy groups -OCH3 is 2. The van der Waals surface area contributed by atoms with Gasteiger partial charge in [-0.15, -0.1) is 0 Å². The predicted octanol–water partition coefficient (Wildman–Crippen LogP) is 1.69. The highest BCUT2D eigenvalue weighted by Crippen LogP contribution is 2.47. The van der Waals surface area contributed by atoms with Gasteiger partial charge in [0.05, 0.1) is 12.5 Å². The lowest BCUT2D eigenvalue weighted by atomic mass is 9.68. The lowest BCUT2D eigenvalue weighted by Gasteiger charge is -2.35. The molecule has 104 valence electrons. The molecule has 18 heavy (non-hydrogen) atoms. The Kier molecular flexibility index (Phi) is 4.62. The number of nitrogens with zero attached hydrogens (tertiary/aromatic N) is 1. The van der Waals surface area contributed by atoms with Gasteiger partial charge in [0, 0.05) is 33.4 Å². The summed E-state index contributed by atoms with van der Waals surface area (Å²) in [6, 6.07) is 0. The van der Waals surface area contributed by atoms with Crippen LogP contribution >= 0.6 is 0 Å². The molecule has 0 radical (unpaired) electrons. The van der Waals surface area contributed by atoms with Gasteiger partial charge >= 0.3 is 5.97 Å². The number of fused-ring (bicyclic) bond motifs is 1. The average Bonchev–Trinajstić information content (AvgIpc) is 2.77. The molecule has 0 aromatic heterocycles. The van der Waals surface area contributed by atoms with Crippen LogP contribution in [-0.2, 0) is 14.3 Å². The molecular weight excluding hydrogens is 230 g/mol. The normalized spacial score (nSPS) is 32.2. The Morgan fingerprint density at radius 1 is 1.39 bits per heavy atom. The fourth-order valence-electron chi connectivity index (χ4n) is 3.70. The van der Waals surface area contributed by atoms with E-state index in [1.807, 2.05) is 0 Å². The van der Waals surface area contributed by atoms with Gasteiger partial charge in [0.15, 0.2) is 0 Å². The molecule has 2 rings (SSSR count). The van der Waals surface area contributed by atoms with Crippen LogP contribution in [0.25, 0.3) is 0 Å². The molecule has 0 aromatic rings. The van der Waals surface area contributed by atoms with Crippen LogP contribution in [0.15, 0.2) is 0 Å². The smallest absolute Gasteiger partial charge is 0.313 e. The number of carbonyl (C=O) groups is 1. The maximum atomic E-state index is 12.2. The zero-order valence-electron chi connectivity index (χ0n) is 11.6. The fraction of sp³-hybridized carbons (Fsp3) is 0.929. The SMILES string of the molecule is COCCCN1C[C@H]2CCCC[C@@]2(C(=O)OC)C1. The Balaban J connectivity index is 1.99. The van der Waals surface area contributed by atoms with E-state index in [-0.39, 0.29) is 11.4 Å². The number of likely N-dealkylation sites (tertiary alicyclic amines) is 1. The minimum Gasteiger partial charge on any atom is -0.469 e. The Labute approximate surface area is 110 Å². The molecule has 2 atom stereocenters. The summed E-state index contributed by atoms with van der Waals surface area (Å²) in [5.74, 6) is 0.516. The van der Waals surface area contributed by atoms with Gasteiger partial charge in [-0.3, -0.25) is 4.79 Å². The molecule has 4 heteroatoms. The molecule has 1 saturated carbocycles. The Morgan fingerprint density at radius 2 is 2.22 bits per heavy atom. The van der Waals surface area contributed by atoms with Crippen molar-refractivity contribution in [3.8, 4) is 0 Å². The number of ether oxygens (including phenoxy) is 2. The fourth-order valence-corrected chi connectivity index (χ4v) is 3.70. The van der Waals surface area contributed by atoms with E-state index in [0.29, 0.717) is 5.92 Å². The maximum Gasteiger partial charge on any atom is 0.313 e. The first-order valence-corrected chi connectivity index (χ1v) is 7.02. The Bertz CT molecular complexity index is 295. The molecule has 1 heterocycles. The molecule has 1 aliphatic carbocycles. The van der Waals surface area contributed by atoms with Crippen LogP contribution in [0.3, 0.4) is 0 Å². The predicted molar refractivity (Wildman–Crippen MR) is 69.3 cm³/mol. The van der Waals surface area contributed by atoms with Gasteiger partial charge in [0.2, 0.25) is 0 Å². The minimum atomic E-state index is -0.208. The van der Waals surface area contributed by atoms with Crippen molar-refractivity contribution in [3.63, 3.8) is 0 Å². The van der Waals surface area contributed by atoms with E-state index in [2.05, 4.69) is 4.90 Å². The molecule has 2 fully saturated rings. The summed E-state index contributed by atoms with van der Waals surface area (Å²) in [7, 11) is 3.26. The van der Waals surface area contributed by atoms with Crippen molar-refractivity contribution in [3.05, 3.63) is 0 Å². The number of carbonyl (C=O) groups excluding carboxylic acids is 1. The summed E-state index contributed by atoms with van der Waals surface area (Å²) in [6.07, 6.45) is 5.65. The Hall–Kier alpha value is -0.610. The van der Waals surface area contributed by atoms with Crippen LogP contribution in [0, 0.1) is 11.3 Å². The molecule has 2 aliphatic rings. The van der Waals surface area contributed by atoms with Crippen LogP contribution in [0.1, 0.15) is 32.1 Å². The van der Waals surface area contributed by atoms with E-state index in [9.17, 15) is 4.79 Å². The van der Waals surface area contributed by atoms with Crippen molar-refractivity contribution in [1.82, 2.24) is 4.90 Å². The summed E-state index contributed by atoms with van der Waals surface area (Å²) in [5.41, 5.74) is -0.208. The third kappa shape index (κ3) is 2.54.